The number of nitrogens with one attached hydrogen (secondary N) is 1. The Morgan fingerprint density at radius 3 is 2.67 bits per heavy atom. The van der Waals surface area contributed by atoms with Crippen molar-refractivity contribution in [2.45, 2.75) is 13.3 Å². The molecule has 4 nitrogen and oxygen atoms in total. The second-order valence-corrected chi connectivity index (χ2v) is 4.88. The summed E-state index contributed by atoms with van der Waals surface area (Å²) in [5.41, 5.74) is 0.435. The van der Waals surface area contributed by atoms with E-state index in [-0.39, 0.29) is 11.8 Å². The van der Waals surface area contributed by atoms with Gasteiger partial charge in [0.15, 0.2) is 0 Å². The number of rotatable bonds is 2. The van der Waals surface area contributed by atoms with E-state index in [4.69, 9.17) is 23.2 Å². The minimum Gasteiger partial charge on any atom is -0.337 e. The van der Waals surface area contributed by atoms with Crippen LogP contribution in [0.5, 0.6) is 0 Å². The van der Waals surface area contributed by atoms with Gasteiger partial charge in [0.2, 0.25) is 5.91 Å². The van der Waals surface area contributed by atoms with Gasteiger partial charge in [0, 0.05) is 6.54 Å². The van der Waals surface area contributed by atoms with Crippen LogP contribution < -0.4 is 10.2 Å². The third kappa shape index (κ3) is 2.31. The molecule has 0 radical (unpaired) electrons. The molecular formula is C12H12Cl2N2O2. The second-order valence-electron chi connectivity index (χ2n) is 4.06. The van der Waals surface area contributed by atoms with E-state index in [1.165, 1.54) is 6.07 Å². The Balaban J connectivity index is 2.37. The number of carbonyl (C=O) groups excluding carboxylic acids is 2. The lowest BCUT2D eigenvalue weighted by Crippen LogP contribution is -2.55. The summed E-state index contributed by atoms with van der Waals surface area (Å²) in [6.45, 7) is 2.29. The molecule has 1 saturated heterocycles. The zero-order chi connectivity index (χ0) is 13.3. The number of carbonyl (C=O) groups is 2. The van der Waals surface area contributed by atoms with Gasteiger partial charge in [0.05, 0.1) is 21.7 Å². The Labute approximate surface area is 115 Å². The average Bonchev–Trinajstić information content (AvgIpc) is 2.34. The van der Waals surface area contributed by atoms with E-state index in [1.54, 1.807) is 12.1 Å². The molecule has 1 atom stereocenters. The molecule has 1 heterocycles. The summed E-state index contributed by atoms with van der Waals surface area (Å²) in [7, 11) is 0. The van der Waals surface area contributed by atoms with Crippen molar-refractivity contribution in [2.75, 3.05) is 11.4 Å². The topological polar surface area (TPSA) is 49.4 Å². The van der Waals surface area contributed by atoms with Crippen LogP contribution in [0, 0.1) is 5.92 Å². The van der Waals surface area contributed by atoms with Crippen LogP contribution in [0.1, 0.15) is 13.3 Å². The number of nitrogens with zero attached hydrogens (tertiary/aromatic N) is 1. The number of amides is 3. The number of benzene rings is 1. The molecule has 1 N–H and O–H groups in total. The molecule has 1 aliphatic rings. The molecule has 1 aliphatic heterocycles. The van der Waals surface area contributed by atoms with Gasteiger partial charge in [-0.05, 0) is 24.6 Å². The maximum atomic E-state index is 12.2. The summed E-state index contributed by atoms with van der Waals surface area (Å²) in [6.07, 6.45) is 0.678. The van der Waals surface area contributed by atoms with Gasteiger partial charge in [-0.25, -0.2) is 9.69 Å². The molecule has 0 spiro atoms. The monoisotopic (exact) mass is 286 g/mol. The van der Waals surface area contributed by atoms with E-state index in [9.17, 15) is 9.59 Å². The fraction of sp³-hybridized carbons (Fsp3) is 0.333. The van der Waals surface area contributed by atoms with Gasteiger partial charge in [0.1, 0.15) is 0 Å². The molecule has 2 rings (SSSR count). The second kappa shape index (κ2) is 5.16. The highest BCUT2D eigenvalue weighted by molar-refractivity contribution is 6.42. The Hall–Kier alpha value is -1.26. The van der Waals surface area contributed by atoms with Crippen molar-refractivity contribution in [3.8, 4) is 0 Å². The van der Waals surface area contributed by atoms with Crippen molar-refractivity contribution in [1.29, 1.82) is 0 Å². The van der Waals surface area contributed by atoms with Gasteiger partial charge < -0.3 is 5.32 Å². The lowest BCUT2D eigenvalue weighted by atomic mass is 10.0. The number of halogens is 2. The Morgan fingerprint density at radius 2 is 2.06 bits per heavy atom. The Morgan fingerprint density at radius 1 is 1.33 bits per heavy atom. The number of hydrogen-bond acceptors (Lipinski definition) is 2. The van der Waals surface area contributed by atoms with E-state index >= 15 is 0 Å². The maximum Gasteiger partial charge on any atom is 0.328 e. The summed E-state index contributed by atoms with van der Waals surface area (Å²) < 4.78 is 0. The Kier molecular flexibility index (Phi) is 3.78. The molecule has 1 aromatic carbocycles. The van der Waals surface area contributed by atoms with Crippen molar-refractivity contribution in [2.24, 2.45) is 5.92 Å². The van der Waals surface area contributed by atoms with Gasteiger partial charge in [-0.2, -0.15) is 0 Å². The number of anilines is 1. The largest absolute Gasteiger partial charge is 0.337 e. The molecule has 18 heavy (non-hydrogen) atoms. The fourth-order valence-corrected chi connectivity index (χ4v) is 2.14. The molecular weight excluding hydrogens is 275 g/mol. The van der Waals surface area contributed by atoms with Crippen molar-refractivity contribution < 1.29 is 9.59 Å². The summed E-state index contributed by atoms with van der Waals surface area (Å²) >= 11 is 11.7. The number of imide groups is 1. The SMILES string of the molecule is CCC1CNC(=O)N(c2ccc(Cl)c(Cl)c2)C1=O. The third-order valence-corrected chi connectivity index (χ3v) is 3.67. The molecule has 3 amide bonds. The highest BCUT2D eigenvalue weighted by atomic mass is 35.5. The van der Waals surface area contributed by atoms with Crippen LogP contribution in [-0.2, 0) is 4.79 Å². The van der Waals surface area contributed by atoms with Crippen LogP contribution in [0.25, 0.3) is 0 Å². The number of hydrogen-bond donors (Lipinski definition) is 1. The highest BCUT2D eigenvalue weighted by Gasteiger charge is 2.34. The van der Waals surface area contributed by atoms with Crippen LogP contribution in [0.15, 0.2) is 18.2 Å². The molecule has 6 heteroatoms. The van der Waals surface area contributed by atoms with Crippen molar-refractivity contribution in [3.63, 3.8) is 0 Å². The lowest BCUT2D eigenvalue weighted by Gasteiger charge is -2.30. The van der Waals surface area contributed by atoms with Gasteiger partial charge in [0.25, 0.3) is 0 Å². The van der Waals surface area contributed by atoms with Gasteiger partial charge in [-0.3, -0.25) is 4.79 Å². The van der Waals surface area contributed by atoms with Gasteiger partial charge >= 0.3 is 6.03 Å². The average molecular weight is 287 g/mol. The van der Waals surface area contributed by atoms with E-state index in [0.29, 0.717) is 28.7 Å². The summed E-state index contributed by atoms with van der Waals surface area (Å²) in [5, 5.41) is 3.39. The predicted octanol–water partition coefficient (Wildman–Crippen LogP) is 3.08. The zero-order valence-electron chi connectivity index (χ0n) is 9.74. The van der Waals surface area contributed by atoms with Gasteiger partial charge in [-0.1, -0.05) is 30.1 Å². The molecule has 96 valence electrons. The summed E-state index contributed by atoms with van der Waals surface area (Å²) in [6, 6.07) is 4.25. The van der Waals surface area contributed by atoms with Crippen molar-refractivity contribution in [1.82, 2.24) is 5.32 Å². The Bertz CT molecular complexity index is 505. The first-order valence-electron chi connectivity index (χ1n) is 5.61. The zero-order valence-corrected chi connectivity index (χ0v) is 11.3. The molecule has 1 fully saturated rings. The first-order chi connectivity index (χ1) is 8.54. The quantitative estimate of drug-likeness (QED) is 0.908. The molecule has 0 aliphatic carbocycles. The molecule has 1 unspecified atom stereocenters. The smallest absolute Gasteiger partial charge is 0.328 e. The normalized spacial score (nSPS) is 19.9. The van der Waals surface area contributed by atoms with E-state index < -0.39 is 6.03 Å². The molecule has 0 aromatic heterocycles. The third-order valence-electron chi connectivity index (χ3n) is 2.93. The van der Waals surface area contributed by atoms with E-state index in [1.807, 2.05) is 6.92 Å². The van der Waals surface area contributed by atoms with Crippen LogP contribution in [0.4, 0.5) is 10.5 Å². The highest BCUT2D eigenvalue weighted by Crippen LogP contribution is 2.29. The fourth-order valence-electron chi connectivity index (χ4n) is 1.85. The molecule has 0 saturated carbocycles. The first kappa shape index (κ1) is 13.2. The molecule has 1 aromatic rings. The van der Waals surface area contributed by atoms with Crippen LogP contribution in [-0.4, -0.2) is 18.5 Å². The first-order valence-corrected chi connectivity index (χ1v) is 6.37. The standard InChI is InChI=1S/C12H12Cl2N2O2/c1-2-7-6-15-12(18)16(11(7)17)8-3-4-9(13)10(14)5-8/h3-5,7H,2,6H2,1H3,(H,15,18). The van der Waals surface area contributed by atoms with Crippen molar-refractivity contribution in [3.05, 3.63) is 28.2 Å². The maximum absolute atomic E-state index is 12.2. The van der Waals surface area contributed by atoms with Crippen LogP contribution in [0.2, 0.25) is 10.0 Å². The summed E-state index contributed by atoms with van der Waals surface area (Å²) in [4.78, 5) is 25.0. The van der Waals surface area contributed by atoms with Crippen LogP contribution in [0.3, 0.4) is 0 Å². The molecule has 0 bridgehead atoms. The minimum absolute atomic E-state index is 0.197. The predicted molar refractivity (Wildman–Crippen MR) is 71.1 cm³/mol. The minimum atomic E-state index is -0.428. The summed E-state index contributed by atoms with van der Waals surface area (Å²) in [5.74, 6) is -0.406. The van der Waals surface area contributed by atoms with Crippen molar-refractivity contribution >= 4 is 40.8 Å². The van der Waals surface area contributed by atoms with Gasteiger partial charge in [-0.15, -0.1) is 0 Å². The van der Waals surface area contributed by atoms with E-state index in [0.717, 1.165) is 4.90 Å². The van der Waals surface area contributed by atoms with Crippen LogP contribution >= 0.6 is 23.2 Å². The van der Waals surface area contributed by atoms with E-state index in [2.05, 4.69) is 5.32 Å². The number of urea groups is 1. The lowest BCUT2D eigenvalue weighted by molar-refractivity contribution is -0.122.